The van der Waals surface area contributed by atoms with Gasteiger partial charge in [0.2, 0.25) is 0 Å². The summed E-state index contributed by atoms with van der Waals surface area (Å²) >= 11 is 3.27. The number of phenolic OH excluding ortho intramolecular Hbond substituents is 1. The molecule has 150 valence electrons. The van der Waals surface area contributed by atoms with Gasteiger partial charge in [-0.2, -0.15) is 5.10 Å². The van der Waals surface area contributed by atoms with Gasteiger partial charge in [-0.1, -0.05) is 34.1 Å². The second kappa shape index (κ2) is 8.91. The van der Waals surface area contributed by atoms with Gasteiger partial charge in [0.05, 0.1) is 18.4 Å². The molecule has 0 saturated heterocycles. The highest BCUT2D eigenvalue weighted by Crippen LogP contribution is 2.25. The number of nitrogens with one attached hydrogen (secondary N) is 1. The molecule has 1 heterocycles. The zero-order chi connectivity index (χ0) is 21.0. The van der Waals surface area contributed by atoms with Gasteiger partial charge in [-0.05, 0) is 38.1 Å². The minimum atomic E-state index is -0.534. The third-order valence-electron chi connectivity index (χ3n) is 4.44. The molecule has 1 amide bonds. The summed E-state index contributed by atoms with van der Waals surface area (Å²) in [5.41, 5.74) is 5.01. The van der Waals surface area contributed by atoms with Crippen LogP contribution in [0.25, 0.3) is 10.9 Å². The number of rotatable bonds is 6. The maximum atomic E-state index is 12.3. The molecule has 0 aliphatic carbocycles. The van der Waals surface area contributed by atoms with Gasteiger partial charge in [0, 0.05) is 26.6 Å². The van der Waals surface area contributed by atoms with Crippen molar-refractivity contribution in [2.45, 2.75) is 20.4 Å². The summed E-state index contributed by atoms with van der Waals surface area (Å²) in [6.07, 6.45) is 1.53. The van der Waals surface area contributed by atoms with Gasteiger partial charge in [0.15, 0.2) is 0 Å². The molecule has 3 rings (SSSR count). The van der Waals surface area contributed by atoms with E-state index in [0.717, 1.165) is 22.2 Å². The van der Waals surface area contributed by atoms with E-state index in [2.05, 4.69) is 26.5 Å². The van der Waals surface area contributed by atoms with Crippen LogP contribution in [0.2, 0.25) is 0 Å². The normalized spacial score (nSPS) is 11.1. The fourth-order valence-electron chi connectivity index (χ4n) is 3.07. The molecule has 0 atom stereocenters. The minimum Gasteiger partial charge on any atom is -0.507 e. The fourth-order valence-corrected chi connectivity index (χ4v) is 3.43. The summed E-state index contributed by atoms with van der Waals surface area (Å²) < 4.78 is 7.59. The smallest absolute Gasteiger partial charge is 0.325 e. The molecule has 8 heteroatoms. The standard InChI is InChI=1S/C21H20BrN3O4/c1-3-29-20(27)12-25-13(2)17(15-6-4-5-7-18(15)25)11-23-24-21(28)16-10-14(22)8-9-19(16)26/h4-11,26H,3,12H2,1-2H3,(H,24,28). The molecule has 0 aliphatic rings. The van der Waals surface area contributed by atoms with Crippen molar-refractivity contribution in [1.82, 2.24) is 9.99 Å². The summed E-state index contributed by atoms with van der Waals surface area (Å²) in [7, 11) is 0. The lowest BCUT2D eigenvalue weighted by molar-refractivity contribution is -0.143. The number of fused-ring (bicyclic) bond motifs is 1. The molecule has 3 aromatic rings. The summed E-state index contributed by atoms with van der Waals surface area (Å²) in [5.74, 6) is -0.991. The van der Waals surface area contributed by atoms with Crippen LogP contribution >= 0.6 is 15.9 Å². The van der Waals surface area contributed by atoms with E-state index in [1.165, 1.54) is 18.3 Å². The van der Waals surface area contributed by atoms with Crippen molar-refractivity contribution in [2.24, 2.45) is 5.10 Å². The Morgan fingerprint density at radius 1 is 1.28 bits per heavy atom. The molecular formula is C21H20BrN3O4. The number of esters is 1. The maximum Gasteiger partial charge on any atom is 0.325 e. The highest BCUT2D eigenvalue weighted by molar-refractivity contribution is 9.10. The Hall–Kier alpha value is -3.13. The first kappa shape index (κ1) is 20.6. The molecule has 0 aliphatic heterocycles. The predicted octanol–water partition coefficient (Wildman–Crippen LogP) is 3.74. The van der Waals surface area contributed by atoms with Crippen LogP contribution in [0.4, 0.5) is 0 Å². The maximum absolute atomic E-state index is 12.3. The second-order valence-electron chi connectivity index (χ2n) is 6.27. The molecular weight excluding hydrogens is 438 g/mol. The first-order chi connectivity index (χ1) is 13.9. The number of aromatic hydroxyl groups is 1. The summed E-state index contributed by atoms with van der Waals surface area (Å²) in [4.78, 5) is 24.3. The average Bonchev–Trinajstić information content (AvgIpc) is 2.96. The van der Waals surface area contributed by atoms with E-state index in [-0.39, 0.29) is 23.8 Å². The third kappa shape index (κ3) is 4.48. The molecule has 1 aromatic heterocycles. The number of carbonyl (C=O) groups excluding carboxylic acids is 2. The molecule has 0 spiro atoms. The monoisotopic (exact) mass is 457 g/mol. The Kier molecular flexibility index (Phi) is 6.33. The van der Waals surface area contributed by atoms with Crippen LogP contribution in [-0.4, -0.2) is 34.4 Å². The lowest BCUT2D eigenvalue weighted by Gasteiger charge is -2.07. The second-order valence-corrected chi connectivity index (χ2v) is 7.18. The van der Waals surface area contributed by atoms with Crippen LogP contribution in [-0.2, 0) is 16.1 Å². The number of halogens is 1. The summed E-state index contributed by atoms with van der Waals surface area (Å²) in [6.45, 7) is 4.05. The van der Waals surface area contributed by atoms with Gasteiger partial charge in [0.25, 0.3) is 5.91 Å². The molecule has 0 bridgehead atoms. The van der Waals surface area contributed by atoms with E-state index in [1.54, 1.807) is 13.0 Å². The molecule has 0 radical (unpaired) electrons. The van der Waals surface area contributed by atoms with Gasteiger partial charge in [-0.25, -0.2) is 5.43 Å². The van der Waals surface area contributed by atoms with Gasteiger partial charge >= 0.3 is 5.97 Å². The van der Waals surface area contributed by atoms with Gasteiger partial charge in [0.1, 0.15) is 12.3 Å². The molecule has 7 nitrogen and oxygen atoms in total. The highest BCUT2D eigenvalue weighted by Gasteiger charge is 2.16. The Morgan fingerprint density at radius 2 is 2.03 bits per heavy atom. The Balaban J connectivity index is 1.88. The molecule has 0 saturated carbocycles. The zero-order valence-corrected chi connectivity index (χ0v) is 17.6. The summed E-state index contributed by atoms with van der Waals surface area (Å²) in [6, 6.07) is 12.2. The van der Waals surface area contributed by atoms with Crippen LogP contribution in [0.15, 0.2) is 52.0 Å². The molecule has 2 aromatic carbocycles. The first-order valence-electron chi connectivity index (χ1n) is 8.97. The highest BCUT2D eigenvalue weighted by atomic mass is 79.9. The quantitative estimate of drug-likeness (QED) is 0.334. The molecule has 0 fully saturated rings. The van der Waals surface area contributed by atoms with Gasteiger partial charge in [-0.15, -0.1) is 0 Å². The van der Waals surface area contributed by atoms with E-state index in [1.807, 2.05) is 35.8 Å². The Labute approximate surface area is 176 Å². The topological polar surface area (TPSA) is 92.9 Å². The fraction of sp³-hybridized carbons (Fsp3) is 0.190. The van der Waals surface area contributed by atoms with E-state index in [4.69, 9.17) is 4.74 Å². The number of hydrogen-bond acceptors (Lipinski definition) is 5. The number of hydrogen-bond donors (Lipinski definition) is 2. The summed E-state index contributed by atoms with van der Waals surface area (Å²) in [5, 5.41) is 14.8. The zero-order valence-electron chi connectivity index (χ0n) is 16.0. The van der Waals surface area contributed by atoms with Crippen molar-refractivity contribution in [1.29, 1.82) is 0 Å². The minimum absolute atomic E-state index is 0.0896. The number of hydrazone groups is 1. The van der Waals surface area contributed by atoms with Crippen molar-refractivity contribution < 1.29 is 19.4 Å². The van der Waals surface area contributed by atoms with Crippen LogP contribution in [0.3, 0.4) is 0 Å². The van der Waals surface area contributed by atoms with Crippen molar-refractivity contribution in [3.63, 3.8) is 0 Å². The number of amides is 1. The van der Waals surface area contributed by atoms with Crippen molar-refractivity contribution >= 4 is 44.9 Å². The number of carbonyl (C=O) groups is 2. The largest absolute Gasteiger partial charge is 0.507 e. The number of aromatic nitrogens is 1. The van der Waals surface area contributed by atoms with Crippen LogP contribution < -0.4 is 5.43 Å². The predicted molar refractivity (Wildman–Crippen MR) is 114 cm³/mol. The number of phenols is 1. The van der Waals surface area contributed by atoms with E-state index >= 15 is 0 Å². The van der Waals surface area contributed by atoms with E-state index < -0.39 is 5.91 Å². The number of para-hydroxylation sites is 1. The molecule has 29 heavy (non-hydrogen) atoms. The lowest BCUT2D eigenvalue weighted by atomic mass is 10.1. The molecule has 2 N–H and O–H groups in total. The van der Waals surface area contributed by atoms with Crippen molar-refractivity contribution in [3.8, 4) is 5.75 Å². The SMILES string of the molecule is CCOC(=O)Cn1c(C)c(C=NNC(=O)c2cc(Br)ccc2O)c2ccccc21. The van der Waals surface area contributed by atoms with Crippen LogP contribution in [0.5, 0.6) is 5.75 Å². The molecule has 0 unspecified atom stereocenters. The van der Waals surface area contributed by atoms with Gasteiger partial charge in [-0.3, -0.25) is 9.59 Å². The Morgan fingerprint density at radius 3 is 2.79 bits per heavy atom. The van der Waals surface area contributed by atoms with Gasteiger partial charge < -0.3 is 14.4 Å². The number of ether oxygens (including phenoxy) is 1. The van der Waals surface area contributed by atoms with Crippen LogP contribution in [0.1, 0.15) is 28.5 Å². The number of benzene rings is 2. The van der Waals surface area contributed by atoms with Crippen LogP contribution in [0, 0.1) is 6.92 Å². The first-order valence-corrected chi connectivity index (χ1v) is 9.77. The lowest BCUT2D eigenvalue weighted by Crippen LogP contribution is -2.18. The van der Waals surface area contributed by atoms with Crippen molar-refractivity contribution in [2.75, 3.05) is 6.61 Å². The third-order valence-corrected chi connectivity index (χ3v) is 4.93. The average molecular weight is 458 g/mol. The Bertz CT molecular complexity index is 1100. The van der Waals surface area contributed by atoms with E-state index in [9.17, 15) is 14.7 Å². The van der Waals surface area contributed by atoms with E-state index in [0.29, 0.717) is 11.1 Å². The van der Waals surface area contributed by atoms with Crippen molar-refractivity contribution in [3.05, 3.63) is 63.8 Å². The number of nitrogens with zero attached hydrogens (tertiary/aromatic N) is 2.